The van der Waals surface area contributed by atoms with Crippen LogP contribution >= 0.6 is 12.4 Å². The molecule has 0 saturated carbocycles. The van der Waals surface area contributed by atoms with E-state index in [1.165, 1.54) is 0 Å². The Kier molecular flexibility index (Phi) is 7.30. The van der Waals surface area contributed by atoms with Crippen molar-refractivity contribution >= 4 is 29.8 Å². The molecule has 0 atom stereocenters. The lowest BCUT2D eigenvalue weighted by Crippen LogP contribution is -2.31. The van der Waals surface area contributed by atoms with Crippen molar-refractivity contribution in [2.75, 3.05) is 18.4 Å². The highest BCUT2D eigenvalue weighted by molar-refractivity contribution is 6.04. The van der Waals surface area contributed by atoms with Crippen LogP contribution in [-0.4, -0.2) is 39.7 Å². The maximum absolute atomic E-state index is 13.3. The number of aromatic nitrogens is 1. The number of anilines is 1. The normalized spacial score (nSPS) is 13.6. The molecule has 1 aromatic carbocycles. The summed E-state index contributed by atoms with van der Waals surface area (Å²) in [6.07, 6.45) is 0. The van der Waals surface area contributed by atoms with Crippen molar-refractivity contribution < 1.29 is 9.90 Å². The topological polar surface area (TPSA) is 89.3 Å². The van der Waals surface area contributed by atoms with E-state index in [2.05, 4.69) is 10.3 Å². The van der Waals surface area contributed by atoms with Gasteiger partial charge in [-0.1, -0.05) is 47.6 Å². The third kappa shape index (κ3) is 5.07. The molecule has 1 aliphatic heterocycles. The Hall–Kier alpha value is -2.60. The van der Waals surface area contributed by atoms with Crippen LogP contribution in [-0.2, 0) is 17.4 Å². The van der Waals surface area contributed by atoms with Crippen LogP contribution in [0.3, 0.4) is 0 Å². The van der Waals surface area contributed by atoms with Gasteiger partial charge in [-0.3, -0.25) is 10.2 Å². The summed E-state index contributed by atoms with van der Waals surface area (Å²) in [6.45, 7) is 15.5. The largest absolute Gasteiger partial charge is 0.507 e. The Morgan fingerprint density at radius 2 is 1.69 bits per heavy atom. The van der Waals surface area contributed by atoms with Gasteiger partial charge in [0, 0.05) is 35.3 Å². The Balaban J connectivity index is 0.00000363. The Bertz CT molecular complexity index is 1000. The number of carbonyl (C=O) groups is 1. The third-order valence-corrected chi connectivity index (χ3v) is 5.62. The average Bonchev–Trinajstić information content (AvgIpc) is 2.95. The van der Waals surface area contributed by atoms with Gasteiger partial charge in [0.25, 0.3) is 0 Å². The van der Waals surface area contributed by atoms with Gasteiger partial charge in [0.05, 0.1) is 6.54 Å². The molecule has 174 valence electrons. The van der Waals surface area contributed by atoms with Crippen LogP contribution < -0.4 is 5.32 Å². The molecule has 3 N–H and O–H groups in total. The van der Waals surface area contributed by atoms with Gasteiger partial charge in [0.1, 0.15) is 23.1 Å². The maximum Gasteiger partial charge on any atom is 0.182 e. The number of fused-ring (bicyclic) bond motifs is 1. The minimum Gasteiger partial charge on any atom is -0.507 e. The second kappa shape index (κ2) is 9.10. The van der Waals surface area contributed by atoms with Crippen LogP contribution in [0.15, 0.2) is 24.3 Å². The molecule has 6 nitrogen and oxygen atoms in total. The van der Waals surface area contributed by atoms with Crippen molar-refractivity contribution in [3.63, 3.8) is 0 Å². The number of amidine groups is 1. The van der Waals surface area contributed by atoms with E-state index in [0.717, 1.165) is 29.1 Å². The number of nitrogens with zero attached hydrogens (tertiary/aromatic N) is 2. The van der Waals surface area contributed by atoms with Crippen molar-refractivity contribution in [1.82, 2.24) is 9.88 Å². The van der Waals surface area contributed by atoms with Gasteiger partial charge in [-0.15, -0.1) is 12.4 Å². The quantitative estimate of drug-likeness (QED) is 0.532. The molecule has 32 heavy (non-hydrogen) atoms. The van der Waals surface area contributed by atoms with Crippen LogP contribution in [0.5, 0.6) is 5.75 Å². The van der Waals surface area contributed by atoms with Crippen LogP contribution in [0.25, 0.3) is 0 Å². The number of phenols is 1. The smallest absolute Gasteiger partial charge is 0.182 e. The number of nitrogens with one attached hydrogen (secondary N) is 2. The monoisotopic (exact) mass is 458 g/mol. The fraction of sp³-hybridized carbons (Fsp3) is 0.480. The van der Waals surface area contributed by atoms with Gasteiger partial charge in [0.15, 0.2) is 5.78 Å². The molecule has 0 saturated heterocycles. The number of carbonyl (C=O) groups excluding carboxylic acids is 1. The zero-order valence-corrected chi connectivity index (χ0v) is 20.9. The number of ketones is 1. The SMILES string of the molecule is CCNc1ccc2c(n1)C(=N)N(CC(=O)c1cc(C(C)(C)C)c(O)c(C(C)(C)C)c1)C2.Cl. The molecule has 0 bridgehead atoms. The van der Waals surface area contributed by atoms with Gasteiger partial charge in [-0.2, -0.15) is 0 Å². The summed E-state index contributed by atoms with van der Waals surface area (Å²) in [4.78, 5) is 19.6. The van der Waals surface area contributed by atoms with Crippen LogP contribution in [0.1, 0.15) is 81.2 Å². The van der Waals surface area contributed by atoms with Crippen LogP contribution in [0, 0.1) is 5.41 Å². The summed E-state index contributed by atoms with van der Waals surface area (Å²) in [5.74, 6) is 1.20. The van der Waals surface area contributed by atoms with Crippen molar-refractivity contribution in [2.24, 2.45) is 0 Å². The number of phenolic OH excluding ortho intramolecular Hbond substituents is 1. The molecule has 2 aromatic rings. The van der Waals surface area contributed by atoms with E-state index in [4.69, 9.17) is 5.41 Å². The van der Waals surface area contributed by atoms with E-state index in [-0.39, 0.29) is 47.2 Å². The highest BCUT2D eigenvalue weighted by atomic mass is 35.5. The second-order valence-corrected chi connectivity index (χ2v) is 10.3. The molecular formula is C25H35ClN4O2. The Morgan fingerprint density at radius 1 is 1.12 bits per heavy atom. The first kappa shape index (κ1) is 25.7. The lowest BCUT2D eigenvalue weighted by Gasteiger charge is -2.28. The lowest BCUT2D eigenvalue weighted by molar-refractivity contribution is 0.0962. The number of aromatic hydroxyl groups is 1. The minimum atomic E-state index is -0.302. The van der Waals surface area contributed by atoms with Gasteiger partial charge >= 0.3 is 0 Å². The van der Waals surface area contributed by atoms with E-state index in [0.29, 0.717) is 17.8 Å². The number of benzene rings is 1. The molecule has 0 amide bonds. The molecule has 0 aliphatic carbocycles. The summed E-state index contributed by atoms with van der Waals surface area (Å²) in [5.41, 5.74) is 3.07. The van der Waals surface area contributed by atoms with Gasteiger partial charge in [-0.25, -0.2) is 4.98 Å². The van der Waals surface area contributed by atoms with E-state index >= 15 is 0 Å². The molecule has 0 unspecified atom stereocenters. The van der Waals surface area contributed by atoms with Crippen LogP contribution in [0.2, 0.25) is 0 Å². The molecule has 0 radical (unpaired) electrons. The summed E-state index contributed by atoms with van der Waals surface area (Å²) >= 11 is 0. The van der Waals surface area contributed by atoms with Gasteiger partial charge < -0.3 is 15.3 Å². The first-order valence-corrected chi connectivity index (χ1v) is 10.8. The molecule has 1 aromatic heterocycles. The number of hydrogen-bond acceptors (Lipinski definition) is 5. The van der Waals surface area contributed by atoms with Gasteiger partial charge in [-0.05, 0) is 36.0 Å². The first-order chi connectivity index (χ1) is 14.3. The van der Waals surface area contributed by atoms with E-state index in [1.54, 1.807) is 17.0 Å². The highest BCUT2D eigenvalue weighted by Crippen LogP contribution is 2.40. The van der Waals surface area contributed by atoms with E-state index < -0.39 is 0 Å². The van der Waals surface area contributed by atoms with Crippen molar-refractivity contribution in [1.29, 1.82) is 5.41 Å². The van der Waals surface area contributed by atoms with E-state index in [9.17, 15) is 9.90 Å². The molecule has 0 fully saturated rings. The van der Waals surface area contributed by atoms with E-state index in [1.807, 2.05) is 60.6 Å². The zero-order valence-electron chi connectivity index (χ0n) is 20.1. The van der Waals surface area contributed by atoms with Crippen LogP contribution in [0.4, 0.5) is 5.82 Å². The second-order valence-electron chi connectivity index (χ2n) is 10.3. The number of pyridine rings is 1. The summed E-state index contributed by atoms with van der Waals surface area (Å²) in [7, 11) is 0. The lowest BCUT2D eigenvalue weighted by atomic mass is 9.78. The number of halogens is 1. The van der Waals surface area contributed by atoms with Crippen molar-refractivity contribution in [3.8, 4) is 5.75 Å². The standard InChI is InChI=1S/C25H34N4O2.ClH/c1-8-27-20-10-9-15-13-29(23(26)21(15)28-20)14-19(30)16-11-17(24(2,3)4)22(31)18(12-16)25(5,6)7;/h9-12,26,31H,8,13-14H2,1-7H3,(H,27,28);1H. The van der Waals surface area contributed by atoms with Crippen molar-refractivity contribution in [2.45, 2.75) is 65.8 Å². The fourth-order valence-electron chi connectivity index (χ4n) is 3.87. The summed E-state index contributed by atoms with van der Waals surface area (Å²) < 4.78 is 0. The molecule has 0 spiro atoms. The molecular weight excluding hydrogens is 424 g/mol. The third-order valence-electron chi connectivity index (χ3n) is 5.62. The summed E-state index contributed by atoms with van der Waals surface area (Å²) in [5, 5.41) is 22.6. The Morgan fingerprint density at radius 3 is 2.19 bits per heavy atom. The molecule has 3 rings (SSSR count). The Labute approximate surface area is 197 Å². The number of rotatable bonds is 5. The number of hydrogen-bond donors (Lipinski definition) is 3. The molecule has 2 heterocycles. The summed E-state index contributed by atoms with van der Waals surface area (Å²) in [6, 6.07) is 7.49. The average molecular weight is 459 g/mol. The van der Waals surface area contributed by atoms with Crippen molar-refractivity contribution in [3.05, 3.63) is 52.2 Å². The highest BCUT2D eigenvalue weighted by Gasteiger charge is 2.31. The predicted octanol–water partition coefficient (Wildman–Crippen LogP) is 5.26. The zero-order chi connectivity index (χ0) is 23.1. The first-order valence-electron chi connectivity index (χ1n) is 10.8. The molecule has 7 heteroatoms. The number of Topliss-reactive ketones (excluding diaryl/α,β-unsaturated/α-hetero) is 1. The predicted molar refractivity (Wildman–Crippen MR) is 133 cm³/mol. The minimum absolute atomic E-state index is 0. The van der Waals surface area contributed by atoms with Gasteiger partial charge in [0.2, 0.25) is 0 Å². The maximum atomic E-state index is 13.3. The fourth-order valence-corrected chi connectivity index (χ4v) is 3.87. The molecule has 1 aliphatic rings.